The van der Waals surface area contributed by atoms with Crippen molar-refractivity contribution in [3.8, 4) is 0 Å². The molecule has 0 aromatic heterocycles. The molecule has 0 radical (unpaired) electrons. The molecular formula is C10H11FOS. The van der Waals surface area contributed by atoms with Crippen LogP contribution in [0.2, 0.25) is 0 Å². The summed E-state index contributed by atoms with van der Waals surface area (Å²) in [6.45, 7) is 4.34. The molecule has 70 valence electrons. The van der Waals surface area contributed by atoms with Gasteiger partial charge in [0.15, 0.2) is 0 Å². The van der Waals surface area contributed by atoms with Gasteiger partial charge in [-0.3, -0.25) is 0 Å². The molecular weight excluding hydrogens is 187 g/mol. The van der Waals surface area contributed by atoms with E-state index < -0.39 is 0 Å². The minimum absolute atomic E-state index is 0.269. The van der Waals surface area contributed by atoms with Crippen molar-refractivity contribution in [3.63, 3.8) is 0 Å². The molecule has 0 aliphatic carbocycles. The monoisotopic (exact) mass is 198 g/mol. The van der Waals surface area contributed by atoms with Crippen LogP contribution in [-0.2, 0) is 11.3 Å². The quantitative estimate of drug-likeness (QED) is 0.444. The minimum Gasteiger partial charge on any atom is -0.373 e. The number of hydrogen-bond acceptors (Lipinski definition) is 2. The zero-order chi connectivity index (χ0) is 9.68. The fourth-order valence-electron chi connectivity index (χ4n) is 0.922. The van der Waals surface area contributed by atoms with Crippen LogP contribution >= 0.6 is 12.6 Å². The van der Waals surface area contributed by atoms with Crippen molar-refractivity contribution in [2.75, 3.05) is 6.61 Å². The SMILES string of the molecule is C=CCOCc1cc(F)ccc1S. The molecule has 0 aliphatic heterocycles. The predicted octanol–water partition coefficient (Wildman–Crippen LogP) is 2.82. The molecule has 0 fully saturated rings. The van der Waals surface area contributed by atoms with Crippen LogP contribution in [0.25, 0.3) is 0 Å². The van der Waals surface area contributed by atoms with Crippen LogP contribution < -0.4 is 0 Å². The molecule has 0 heterocycles. The number of thiol groups is 1. The highest BCUT2D eigenvalue weighted by Crippen LogP contribution is 2.15. The standard InChI is InChI=1S/C10H11FOS/c1-2-5-12-7-8-6-9(11)3-4-10(8)13/h2-4,6,13H,1,5,7H2. The summed E-state index contributed by atoms with van der Waals surface area (Å²) in [5.41, 5.74) is 0.755. The van der Waals surface area contributed by atoms with Crippen LogP contribution in [0.15, 0.2) is 35.7 Å². The van der Waals surface area contributed by atoms with Gasteiger partial charge >= 0.3 is 0 Å². The lowest BCUT2D eigenvalue weighted by atomic mass is 10.2. The summed E-state index contributed by atoms with van der Waals surface area (Å²) in [4.78, 5) is 0.741. The van der Waals surface area contributed by atoms with Gasteiger partial charge in [0.2, 0.25) is 0 Å². The van der Waals surface area contributed by atoms with E-state index in [0.717, 1.165) is 10.5 Å². The van der Waals surface area contributed by atoms with Crippen LogP contribution in [0.4, 0.5) is 4.39 Å². The molecule has 0 saturated carbocycles. The summed E-state index contributed by atoms with van der Waals surface area (Å²) in [7, 11) is 0. The van der Waals surface area contributed by atoms with Crippen molar-refractivity contribution in [2.45, 2.75) is 11.5 Å². The van der Waals surface area contributed by atoms with Gasteiger partial charge in [0.05, 0.1) is 13.2 Å². The van der Waals surface area contributed by atoms with E-state index in [1.807, 2.05) is 0 Å². The number of ether oxygens (including phenoxy) is 1. The van der Waals surface area contributed by atoms with Gasteiger partial charge in [-0.05, 0) is 23.8 Å². The van der Waals surface area contributed by atoms with E-state index in [-0.39, 0.29) is 5.82 Å². The molecule has 0 atom stereocenters. The topological polar surface area (TPSA) is 9.23 Å². The van der Waals surface area contributed by atoms with E-state index in [1.54, 1.807) is 12.1 Å². The van der Waals surface area contributed by atoms with Crippen molar-refractivity contribution in [2.24, 2.45) is 0 Å². The van der Waals surface area contributed by atoms with Gasteiger partial charge in [0.25, 0.3) is 0 Å². The van der Waals surface area contributed by atoms with Gasteiger partial charge in [-0.1, -0.05) is 6.08 Å². The van der Waals surface area contributed by atoms with Crippen molar-refractivity contribution in [3.05, 3.63) is 42.2 Å². The Morgan fingerprint density at radius 1 is 1.54 bits per heavy atom. The first-order valence-corrected chi connectivity index (χ1v) is 4.35. The summed E-state index contributed by atoms with van der Waals surface area (Å²) in [6.07, 6.45) is 1.65. The van der Waals surface area contributed by atoms with Crippen molar-refractivity contribution in [1.29, 1.82) is 0 Å². The van der Waals surface area contributed by atoms with Gasteiger partial charge < -0.3 is 4.74 Å². The summed E-state index contributed by atoms with van der Waals surface area (Å²) in [5.74, 6) is -0.269. The molecule has 0 amide bonds. The molecule has 0 bridgehead atoms. The van der Waals surface area contributed by atoms with Crippen LogP contribution in [0.5, 0.6) is 0 Å². The fourth-order valence-corrected chi connectivity index (χ4v) is 1.13. The zero-order valence-corrected chi connectivity index (χ0v) is 8.06. The minimum atomic E-state index is -0.269. The van der Waals surface area contributed by atoms with Gasteiger partial charge in [0, 0.05) is 4.90 Å². The Morgan fingerprint density at radius 3 is 3.00 bits per heavy atom. The Hall–Kier alpha value is -0.800. The zero-order valence-electron chi connectivity index (χ0n) is 7.16. The van der Waals surface area contributed by atoms with E-state index in [9.17, 15) is 4.39 Å². The third-order valence-corrected chi connectivity index (χ3v) is 1.97. The van der Waals surface area contributed by atoms with E-state index in [1.165, 1.54) is 12.1 Å². The number of hydrogen-bond donors (Lipinski definition) is 1. The smallest absolute Gasteiger partial charge is 0.123 e. The predicted molar refractivity (Wildman–Crippen MR) is 53.5 cm³/mol. The average Bonchev–Trinajstić information content (AvgIpc) is 2.11. The highest BCUT2D eigenvalue weighted by atomic mass is 32.1. The van der Waals surface area contributed by atoms with E-state index in [2.05, 4.69) is 19.2 Å². The molecule has 0 unspecified atom stereocenters. The van der Waals surface area contributed by atoms with Crippen molar-refractivity contribution >= 4 is 12.6 Å². The normalized spacial score (nSPS) is 10.0. The van der Waals surface area contributed by atoms with Crippen LogP contribution in [0, 0.1) is 5.82 Å². The van der Waals surface area contributed by atoms with Crippen LogP contribution in [0.1, 0.15) is 5.56 Å². The highest BCUT2D eigenvalue weighted by molar-refractivity contribution is 7.80. The summed E-state index contributed by atoms with van der Waals surface area (Å²) < 4.78 is 17.9. The van der Waals surface area contributed by atoms with E-state index in [0.29, 0.717) is 13.2 Å². The maximum atomic E-state index is 12.7. The first kappa shape index (κ1) is 10.3. The number of halogens is 1. The van der Waals surface area contributed by atoms with Gasteiger partial charge in [-0.2, -0.15) is 0 Å². The van der Waals surface area contributed by atoms with Gasteiger partial charge in [-0.15, -0.1) is 19.2 Å². The van der Waals surface area contributed by atoms with E-state index in [4.69, 9.17) is 4.74 Å². The lowest BCUT2D eigenvalue weighted by Gasteiger charge is -2.04. The van der Waals surface area contributed by atoms with E-state index >= 15 is 0 Å². The second-order valence-electron chi connectivity index (χ2n) is 2.58. The Labute approximate surface area is 82.6 Å². The van der Waals surface area contributed by atoms with Crippen molar-refractivity contribution in [1.82, 2.24) is 0 Å². The molecule has 3 heteroatoms. The number of benzene rings is 1. The molecule has 13 heavy (non-hydrogen) atoms. The maximum absolute atomic E-state index is 12.7. The molecule has 0 saturated heterocycles. The average molecular weight is 198 g/mol. The highest BCUT2D eigenvalue weighted by Gasteiger charge is 2.00. The van der Waals surface area contributed by atoms with Gasteiger partial charge in [-0.25, -0.2) is 4.39 Å². The largest absolute Gasteiger partial charge is 0.373 e. The Balaban J connectivity index is 2.64. The maximum Gasteiger partial charge on any atom is 0.123 e. The molecule has 0 N–H and O–H groups in total. The first-order chi connectivity index (χ1) is 6.24. The third kappa shape index (κ3) is 3.20. The van der Waals surface area contributed by atoms with Crippen molar-refractivity contribution < 1.29 is 9.13 Å². The molecule has 0 aliphatic rings. The van der Waals surface area contributed by atoms with Crippen LogP contribution in [-0.4, -0.2) is 6.61 Å². The summed E-state index contributed by atoms with van der Waals surface area (Å²) in [6, 6.07) is 4.41. The Kier molecular flexibility index (Phi) is 3.99. The lowest BCUT2D eigenvalue weighted by molar-refractivity contribution is 0.147. The second-order valence-corrected chi connectivity index (χ2v) is 3.06. The lowest BCUT2D eigenvalue weighted by Crippen LogP contribution is -1.94. The molecule has 0 spiro atoms. The van der Waals surface area contributed by atoms with Gasteiger partial charge in [0.1, 0.15) is 5.82 Å². The first-order valence-electron chi connectivity index (χ1n) is 3.90. The number of rotatable bonds is 4. The second kappa shape index (κ2) is 5.04. The Bertz CT molecular complexity index is 299. The molecule has 1 aromatic rings. The summed E-state index contributed by atoms with van der Waals surface area (Å²) >= 11 is 4.17. The Morgan fingerprint density at radius 2 is 2.31 bits per heavy atom. The summed E-state index contributed by atoms with van der Waals surface area (Å²) in [5, 5.41) is 0. The van der Waals surface area contributed by atoms with Crippen LogP contribution in [0.3, 0.4) is 0 Å². The third-order valence-electron chi connectivity index (χ3n) is 1.53. The molecule has 1 aromatic carbocycles. The fraction of sp³-hybridized carbons (Fsp3) is 0.200. The molecule has 1 rings (SSSR count). The molecule has 1 nitrogen and oxygen atoms in total.